The lowest BCUT2D eigenvalue weighted by Crippen LogP contribution is -2.41. The molecule has 1 aliphatic heterocycles. The topological polar surface area (TPSA) is 33.4 Å². The molecule has 0 bridgehead atoms. The quantitative estimate of drug-likeness (QED) is 0.326. The molecule has 0 saturated carbocycles. The summed E-state index contributed by atoms with van der Waals surface area (Å²) in [6.45, 7) is 3.82. The van der Waals surface area contributed by atoms with E-state index in [1.807, 2.05) is 31.3 Å². The highest BCUT2D eigenvalue weighted by Crippen LogP contribution is 2.45. The summed E-state index contributed by atoms with van der Waals surface area (Å²) in [6.07, 6.45) is 7.87. The Bertz CT molecular complexity index is 1390. The Morgan fingerprint density at radius 2 is 1.82 bits per heavy atom. The van der Waals surface area contributed by atoms with Gasteiger partial charge in [0.15, 0.2) is 0 Å². The molecule has 0 radical (unpaired) electrons. The van der Waals surface area contributed by atoms with E-state index < -0.39 is 0 Å². The van der Waals surface area contributed by atoms with Gasteiger partial charge in [-0.25, -0.2) is 14.4 Å². The number of benzene rings is 2. The van der Waals surface area contributed by atoms with Crippen molar-refractivity contribution in [2.24, 2.45) is 5.41 Å². The first kappa shape index (κ1) is 20.9. The van der Waals surface area contributed by atoms with Gasteiger partial charge in [-0.2, -0.15) is 0 Å². The van der Waals surface area contributed by atoms with Gasteiger partial charge < -0.3 is 4.90 Å². The van der Waals surface area contributed by atoms with Gasteiger partial charge >= 0.3 is 0 Å². The minimum Gasteiger partial charge on any atom is -0.342 e. The normalized spacial score (nSPS) is 17.2. The first-order valence-electron chi connectivity index (χ1n) is 11.2. The molecule has 3 heterocycles. The number of halogens is 3. The lowest BCUT2D eigenvalue weighted by molar-refractivity contribution is 0.231. The molecule has 1 spiro atoms. The van der Waals surface area contributed by atoms with Crippen LogP contribution >= 0.6 is 23.2 Å². The largest absolute Gasteiger partial charge is 0.342 e. The van der Waals surface area contributed by atoms with E-state index in [0.29, 0.717) is 10.0 Å². The number of hydrogen-bond acceptors (Lipinski definition) is 3. The van der Waals surface area contributed by atoms with Crippen LogP contribution in [0.15, 0.2) is 48.8 Å². The van der Waals surface area contributed by atoms with E-state index in [-0.39, 0.29) is 11.2 Å². The Hall–Kier alpha value is -2.63. The van der Waals surface area contributed by atoms with Crippen LogP contribution in [-0.2, 0) is 12.8 Å². The SMILES string of the molecule is Cc1nc(N2CCC3(CC2)Cc2ccc(F)cc2C3)n2ccnc2c1-c1cccc(Cl)c1Cl. The van der Waals surface area contributed by atoms with Crippen molar-refractivity contribution in [1.82, 2.24) is 14.4 Å². The second-order valence-electron chi connectivity index (χ2n) is 9.35. The van der Waals surface area contributed by atoms with E-state index in [1.54, 1.807) is 24.4 Å². The van der Waals surface area contributed by atoms with Gasteiger partial charge in [-0.15, -0.1) is 0 Å². The second-order valence-corrected chi connectivity index (χ2v) is 10.1. The molecule has 0 N–H and O–H groups in total. The van der Waals surface area contributed by atoms with Gasteiger partial charge in [0.1, 0.15) is 11.5 Å². The minimum atomic E-state index is -0.134. The van der Waals surface area contributed by atoms with Crippen molar-refractivity contribution < 1.29 is 4.39 Å². The minimum absolute atomic E-state index is 0.134. The van der Waals surface area contributed by atoms with Crippen molar-refractivity contribution in [3.05, 3.63) is 81.5 Å². The maximum Gasteiger partial charge on any atom is 0.211 e. The Labute approximate surface area is 202 Å². The molecule has 4 nitrogen and oxygen atoms in total. The van der Waals surface area contributed by atoms with Crippen LogP contribution in [0.1, 0.15) is 29.7 Å². The first-order valence-corrected chi connectivity index (χ1v) is 12.0. The number of fused-ring (bicyclic) bond motifs is 2. The number of piperidine rings is 1. The van der Waals surface area contributed by atoms with E-state index in [2.05, 4.69) is 14.3 Å². The van der Waals surface area contributed by atoms with Crippen LogP contribution in [0.3, 0.4) is 0 Å². The second kappa shape index (κ2) is 7.71. The third kappa shape index (κ3) is 3.41. The highest BCUT2D eigenvalue weighted by Gasteiger charge is 2.40. The molecule has 1 saturated heterocycles. The van der Waals surface area contributed by atoms with E-state index in [4.69, 9.17) is 28.2 Å². The van der Waals surface area contributed by atoms with Crippen LogP contribution in [0.4, 0.5) is 10.3 Å². The summed E-state index contributed by atoms with van der Waals surface area (Å²) >= 11 is 12.8. The van der Waals surface area contributed by atoms with Crippen molar-refractivity contribution in [3.63, 3.8) is 0 Å². The molecule has 0 atom stereocenters. The van der Waals surface area contributed by atoms with Gasteiger partial charge in [0, 0.05) is 36.6 Å². The fourth-order valence-electron chi connectivity index (χ4n) is 5.64. The zero-order valence-electron chi connectivity index (χ0n) is 18.3. The first-order chi connectivity index (χ1) is 15.9. The predicted octanol–water partition coefficient (Wildman–Crippen LogP) is 6.54. The van der Waals surface area contributed by atoms with Gasteiger partial charge in [-0.05, 0) is 67.3 Å². The van der Waals surface area contributed by atoms with Crippen LogP contribution in [0.2, 0.25) is 10.0 Å². The van der Waals surface area contributed by atoms with Gasteiger partial charge in [0.25, 0.3) is 0 Å². The highest BCUT2D eigenvalue weighted by atomic mass is 35.5. The van der Waals surface area contributed by atoms with Crippen LogP contribution in [0, 0.1) is 18.2 Å². The maximum atomic E-state index is 13.7. The molecule has 0 unspecified atom stereocenters. The van der Waals surface area contributed by atoms with Crippen molar-refractivity contribution in [1.29, 1.82) is 0 Å². The van der Waals surface area contributed by atoms with Crippen molar-refractivity contribution in [3.8, 4) is 11.1 Å². The number of hydrogen-bond donors (Lipinski definition) is 0. The smallest absolute Gasteiger partial charge is 0.211 e. The van der Waals surface area contributed by atoms with Crippen LogP contribution < -0.4 is 4.90 Å². The predicted molar refractivity (Wildman–Crippen MR) is 131 cm³/mol. The summed E-state index contributed by atoms with van der Waals surface area (Å²) < 4.78 is 15.8. The fraction of sp³-hybridized carbons (Fsp3) is 0.308. The van der Waals surface area contributed by atoms with E-state index >= 15 is 0 Å². The fourth-order valence-corrected chi connectivity index (χ4v) is 6.04. The third-order valence-corrected chi connectivity index (χ3v) is 8.16. The van der Waals surface area contributed by atoms with Gasteiger partial charge in [-0.3, -0.25) is 4.40 Å². The van der Waals surface area contributed by atoms with Crippen LogP contribution in [-0.4, -0.2) is 27.5 Å². The summed E-state index contributed by atoms with van der Waals surface area (Å²) in [5, 5.41) is 1.03. The average molecular weight is 481 g/mol. The Morgan fingerprint density at radius 1 is 1.03 bits per heavy atom. The Balaban J connectivity index is 1.32. The molecule has 6 rings (SSSR count). The number of nitrogens with zero attached hydrogens (tertiary/aromatic N) is 4. The summed E-state index contributed by atoms with van der Waals surface area (Å²) in [5.74, 6) is 0.767. The van der Waals surface area contributed by atoms with Crippen LogP contribution in [0.25, 0.3) is 16.8 Å². The van der Waals surface area contributed by atoms with Gasteiger partial charge in [0.05, 0.1) is 15.7 Å². The molecule has 0 amide bonds. The molecule has 4 aromatic rings. The summed E-state index contributed by atoms with van der Waals surface area (Å²) in [4.78, 5) is 12.0. The standard InChI is InChI=1S/C26H23Cl2FN4/c1-16-22(20-3-2-4-21(27)23(20)28)24-30-9-12-33(24)25(31-16)32-10-7-26(8-11-32)14-17-5-6-19(29)13-18(17)15-26/h2-6,9,12-13H,7-8,10-11,14-15H2,1H3. The number of aryl methyl sites for hydroxylation is 1. The van der Waals surface area contributed by atoms with Crippen molar-refractivity contribution in [2.45, 2.75) is 32.6 Å². The van der Waals surface area contributed by atoms with Crippen LogP contribution in [0.5, 0.6) is 0 Å². The lowest BCUT2D eigenvalue weighted by atomic mass is 9.76. The molecule has 1 fully saturated rings. The number of imidazole rings is 1. The van der Waals surface area contributed by atoms with Crippen molar-refractivity contribution in [2.75, 3.05) is 18.0 Å². The highest BCUT2D eigenvalue weighted by molar-refractivity contribution is 6.43. The van der Waals surface area contributed by atoms with E-state index in [9.17, 15) is 4.39 Å². The molecule has 7 heteroatoms. The molecule has 2 aromatic carbocycles. The lowest BCUT2D eigenvalue weighted by Gasteiger charge is -2.40. The summed E-state index contributed by atoms with van der Waals surface area (Å²) in [5.41, 5.74) is 6.14. The zero-order chi connectivity index (χ0) is 22.7. The summed E-state index contributed by atoms with van der Waals surface area (Å²) in [7, 11) is 0. The summed E-state index contributed by atoms with van der Waals surface area (Å²) in [6, 6.07) is 10.9. The monoisotopic (exact) mass is 480 g/mol. The molecule has 168 valence electrons. The number of anilines is 1. The van der Waals surface area contributed by atoms with Crippen molar-refractivity contribution >= 4 is 34.8 Å². The maximum absolute atomic E-state index is 13.7. The average Bonchev–Trinajstić information content (AvgIpc) is 3.41. The molecule has 2 aliphatic rings. The molecule has 2 aromatic heterocycles. The third-order valence-electron chi connectivity index (χ3n) is 7.34. The van der Waals surface area contributed by atoms with E-state index in [1.165, 1.54) is 11.1 Å². The number of rotatable bonds is 2. The molecule has 33 heavy (non-hydrogen) atoms. The van der Waals surface area contributed by atoms with Gasteiger partial charge in [-0.1, -0.05) is 41.4 Å². The molecular weight excluding hydrogens is 458 g/mol. The van der Waals surface area contributed by atoms with E-state index in [0.717, 1.165) is 67.2 Å². The number of aromatic nitrogens is 3. The molecule has 1 aliphatic carbocycles. The van der Waals surface area contributed by atoms with Gasteiger partial charge in [0.2, 0.25) is 5.95 Å². The Morgan fingerprint density at radius 3 is 2.64 bits per heavy atom. The zero-order valence-corrected chi connectivity index (χ0v) is 19.8. The Kier molecular flexibility index (Phi) is 4.89. The molecular formula is C26H23Cl2FN4.